The molecule has 0 saturated carbocycles. The van der Waals surface area contributed by atoms with Crippen LogP contribution in [0, 0.1) is 17.7 Å². The first-order chi connectivity index (χ1) is 10.7. The largest absolute Gasteiger partial charge is 0.391 e. The van der Waals surface area contributed by atoms with Gasteiger partial charge in [0.1, 0.15) is 18.9 Å². The summed E-state index contributed by atoms with van der Waals surface area (Å²) in [5.41, 5.74) is 1.03. The standard InChI is InChI=1S/C13H14F3N3O4/c1-6(20)8-9(21)13(16,3-2-4-14)11(23-8)19-5-7(15)10(17)18-12(19)22/h5-6,8-9,11,20-21H,4H2,1H3,(H2,17,18,22)/t6-,8+,9-,11+,13?/m0/s1. The average molecular weight is 333 g/mol. The van der Waals surface area contributed by atoms with Crippen LogP contribution in [0.15, 0.2) is 11.0 Å². The van der Waals surface area contributed by atoms with Crippen molar-refractivity contribution in [2.24, 2.45) is 0 Å². The van der Waals surface area contributed by atoms with E-state index in [9.17, 15) is 23.8 Å². The smallest absolute Gasteiger partial charge is 0.351 e. The number of aliphatic hydroxyl groups is 2. The number of hydrogen-bond acceptors (Lipinski definition) is 6. The molecule has 0 aromatic carbocycles. The zero-order valence-electron chi connectivity index (χ0n) is 11.9. The SMILES string of the molecule is C[C@H](O)[C@H]1O[C@@H](n2cc(F)c(N)nc2=O)C(F)(C#CCF)[C@H]1O. The van der Waals surface area contributed by atoms with Crippen LogP contribution in [0.2, 0.25) is 0 Å². The Morgan fingerprint density at radius 3 is 2.87 bits per heavy atom. The molecule has 1 saturated heterocycles. The summed E-state index contributed by atoms with van der Waals surface area (Å²) in [6.45, 7) is -0.00242. The zero-order chi connectivity index (χ0) is 17.4. The van der Waals surface area contributed by atoms with E-state index in [-0.39, 0.29) is 0 Å². The fourth-order valence-electron chi connectivity index (χ4n) is 2.28. The van der Waals surface area contributed by atoms with Gasteiger partial charge in [0.2, 0.25) is 5.67 Å². The monoisotopic (exact) mass is 333 g/mol. The molecule has 2 rings (SSSR count). The summed E-state index contributed by atoms with van der Waals surface area (Å²) in [7, 11) is 0. The summed E-state index contributed by atoms with van der Waals surface area (Å²) in [6.07, 6.45) is -6.20. The molecule has 1 aromatic rings. The Kier molecular flexibility index (Phi) is 4.65. The van der Waals surface area contributed by atoms with Crippen LogP contribution in [0.5, 0.6) is 0 Å². The molecule has 10 heteroatoms. The summed E-state index contributed by atoms with van der Waals surface area (Å²) in [4.78, 5) is 15.0. The Labute approximate surface area is 128 Å². The molecule has 126 valence electrons. The van der Waals surface area contributed by atoms with Gasteiger partial charge in [0.25, 0.3) is 0 Å². The van der Waals surface area contributed by atoms with Gasteiger partial charge < -0.3 is 20.7 Å². The molecule has 4 N–H and O–H groups in total. The molecule has 5 atom stereocenters. The van der Waals surface area contributed by atoms with Gasteiger partial charge >= 0.3 is 5.69 Å². The molecule has 1 aromatic heterocycles. The molecular formula is C13H14F3N3O4. The van der Waals surface area contributed by atoms with Crippen LogP contribution in [0.25, 0.3) is 0 Å². The van der Waals surface area contributed by atoms with Gasteiger partial charge in [-0.3, -0.25) is 4.57 Å². The number of rotatable bonds is 2. The van der Waals surface area contributed by atoms with E-state index in [2.05, 4.69) is 4.98 Å². The number of nitrogens with two attached hydrogens (primary N) is 1. The second-order valence-corrected chi connectivity index (χ2v) is 5.01. The predicted molar refractivity (Wildman–Crippen MR) is 72.1 cm³/mol. The van der Waals surface area contributed by atoms with Crippen molar-refractivity contribution in [2.45, 2.75) is 37.1 Å². The van der Waals surface area contributed by atoms with Crippen LogP contribution >= 0.6 is 0 Å². The lowest BCUT2D eigenvalue weighted by Gasteiger charge is -2.24. The number of anilines is 1. The number of nitrogen functional groups attached to an aromatic ring is 1. The van der Waals surface area contributed by atoms with Crippen LogP contribution in [0.3, 0.4) is 0 Å². The number of ether oxygens (including phenoxy) is 1. The molecular weight excluding hydrogens is 319 g/mol. The van der Waals surface area contributed by atoms with Gasteiger partial charge in [-0.25, -0.2) is 18.0 Å². The first-order valence-corrected chi connectivity index (χ1v) is 6.53. The second kappa shape index (κ2) is 6.19. The van der Waals surface area contributed by atoms with Crippen molar-refractivity contribution < 1.29 is 28.1 Å². The second-order valence-electron chi connectivity index (χ2n) is 5.01. The van der Waals surface area contributed by atoms with Gasteiger partial charge in [0, 0.05) is 0 Å². The maximum atomic E-state index is 15.1. The predicted octanol–water partition coefficient (Wildman–Crippen LogP) is -0.715. The van der Waals surface area contributed by atoms with Crippen LogP contribution < -0.4 is 11.4 Å². The number of hydrogen-bond donors (Lipinski definition) is 3. The van der Waals surface area contributed by atoms with Crippen molar-refractivity contribution in [1.29, 1.82) is 0 Å². The number of halogens is 3. The van der Waals surface area contributed by atoms with Gasteiger partial charge in [0.05, 0.1) is 12.3 Å². The molecule has 0 spiro atoms. The summed E-state index contributed by atoms with van der Waals surface area (Å²) in [6, 6.07) is 0. The third kappa shape index (κ3) is 2.90. The maximum absolute atomic E-state index is 15.1. The van der Waals surface area contributed by atoms with Gasteiger partial charge in [-0.15, -0.1) is 0 Å². The molecule has 0 bridgehead atoms. The highest BCUT2D eigenvalue weighted by atomic mass is 19.1. The lowest BCUT2D eigenvalue weighted by atomic mass is 9.94. The summed E-state index contributed by atoms with van der Waals surface area (Å²) in [5, 5.41) is 19.6. The van der Waals surface area contributed by atoms with Crippen molar-refractivity contribution >= 4 is 5.82 Å². The third-order valence-corrected chi connectivity index (χ3v) is 3.40. The lowest BCUT2D eigenvalue weighted by molar-refractivity contribution is -0.0805. The minimum Gasteiger partial charge on any atom is -0.391 e. The van der Waals surface area contributed by atoms with E-state index in [1.54, 1.807) is 5.92 Å². The molecule has 1 unspecified atom stereocenters. The Hall–Kier alpha value is -2.09. The Bertz CT molecular complexity index is 715. The van der Waals surface area contributed by atoms with E-state index >= 15 is 4.39 Å². The van der Waals surface area contributed by atoms with E-state index in [1.807, 2.05) is 5.92 Å². The van der Waals surface area contributed by atoms with E-state index < -0.39 is 54.2 Å². The third-order valence-electron chi connectivity index (χ3n) is 3.40. The summed E-state index contributed by atoms with van der Waals surface area (Å²) >= 11 is 0. The molecule has 1 aliphatic rings. The van der Waals surface area contributed by atoms with E-state index in [1.165, 1.54) is 6.92 Å². The van der Waals surface area contributed by atoms with Crippen molar-refractivity contribution in [3.05, 3.63) is 22.5 Å². The number of aliphatic hydroxyl groups excluding tert-OH is 2. The van der Waals surface area contributed by atoms with Crippen LogP contribution in [-0.2, 0) is 4.74 Å². The van der Waals surface area contributed by atoms with E-state index in [4.69, 9.17) is 10.5 Å². The van der Waals surface area contributed by atoms with Crippen molar-refractivity contribution in [3.63, 3.8) is 0 Å². The van der Waals surface area contributed by atoms with Crippen LogP contribution in [0.4, 0.5) is 19.0 Å². The van der Waals surface area contributed by atoms with E-state index in [0.717, 1.165) is 0 Å². The zero-order valence-corrected chi connectivity index (χ0v) is 11.9. The highest BCUT2D eigenvalue weighted by Gasteiger charge is 2.59. The molecule has 2 heterocycles. The van der Waals surface area contributed by atoms with Crippen LogP contribution in [-0.4, -0.2) is 50.4 Å². The first-order valence-electron chi connectivity index (χ1n) is 6.53. The highest BCUT2D eigenvalue weighted by Crippen LogP contribution is 2.41. The van der Waals surface area contributed by atoms with Gasteiger partial charge in [-0.05, 0) is 6.92 Å². The van der Waals surface area contributed by atoms with Crippen molar-refractivity contribution in [3.8, 4) is 11.8 Å². The van der Waals surface area contributed by atoms with E-state index in [0.29, 0.717) is 10.8 Å². The van der Waals surface area contributed by atoms with Crippen molar-refractivity contribution in [2.75, 3.05) is 12.4 Å². The highest BCUT2D eigenvalue weighted by molar-refractivity contribution is 5.28. The number of aromatic nitrogens is 2. The fraction of sp³-hybridized carbons (Fsp3) is 0.538. The Morgan fingerprint density at radius 1 is 1.65 bits per heavy atom. The van der Waals surface area contributed by atoms with Gasteiger partial charge in [0.15, 0.2) is 17.9 Å². The summed E-state index contributed by atoms with van der Waals surface area (Å²) in [5.74, 6) is 1.81. The summed E-state index contributed by atoms with van der Waals surface area (Å²) < 4.78 is 46.4. The molecule has 1 fully saturated rings. The topological polar surface area (TPSA) is 111 Å². The minimum absolute atomic E-state index is 0.407. The average Bonchev–Trinajstić information content (AvgIpc) is 2.74. The molecule has 7 nitrogen and oxygen atoms in total. The molecule has 1 aliphatic heterocycles. The maximum Gasteiger partial charge on any atom is 0.351 e. The number of nitrogens with zero attached hydrogens (tertiary/aromatic N) is 2. The van der Waals surface area contributed by atoms with Crippen molar-refractivity contribution in [1.82, 2.24) is 9.55 Å². The Balaban J connectivity index is 2.58. The quantitative estimate of drug-likeness (QED) is 0.617. The molecule has 0 aliphatic carbocycles. The van der Waals surface area contributed by atoms with Gasteiger partial charge in [-0.1, -0.05) is 11.8 Å². The lowest BCUT2D eigenvalue weighted by Crippen LogP contribution is -2.45. The first kappa shape index (κ1) is 17.3. The Morgan fingerprint density at radius 2 is 2.30 bits per heavy atom. The molecule has 23 heavy (non-hydrogen) atoms. The minimum atomic E-state index is -2.96. The molecule has 0 amide bonds. The molecule has 0 radical (unpaired) electrons. The fourth-order valence-corrected chi connectivity index (χ4v) is 2.28. The normalized spacial score (nSPS) is 31.5. The van der Waals surface area contributed by atoms with Gasteiger partial charge in [-0.2, -0.15) is 4.98 Å². The number of alkyl halides is 2. The van der Waals surface area contributed by atoms with Crippen LogP contribution in [0.1, 0.15) is 13.2 Å².